The van der Waals surface area contributed by atoms with E-state index in [1.54, 1.807) is 30.3 Å². The third-order valence-electron chi connectivity index (χ3n) is 2.20. The average molecular weight is 244 g/mol. The number of hydrogen-bond acceptors (Lipinski definition) is 3. The van der Waals surface area contributed by atoms with Gasteiger partial charge >= 0.3 is 5.97 Å². The third kappa shape index (κ3) is 4.10. The van der Waals surface area contributed by atoms with Crippen LogP contribution in [0.1, 0.15) is 18.1 Å². The highest BCUT2D eigenvalue weighted by Gasteiger charge is 2.11. The Hall–Kier alpha value is -2.61. The van der Waals surface area contributed by atoms with E-state index in [2.05, 4.69) is 5.32 Å². The minimum Gasteiger partial charge on any atom is -0.480 e. The van der Waals surface area contributed by atoms with Gasteiger partial charge in [0.05, 0.1) is 11.6 Å². The molecule has 1 atom stereocenters. The lowest BCUT2D eigenvalue weighted by atomic mass is 10.1. The van der Waals surface area contributed by atoms with Crippen LogP contribution in [0, 0.1) is 11.3 Å². The second-order valence-electron chi connectivity index (χ2n) is 3.64. The lowest BCUT2D eigenvalue weighted by Gasteiger charge is -2.05. The molecule has 1 aromatic carbocycles. The van der Waals surface area contributed by atoms with Crippen LogP contribution in [-0.4, -0.2) is 23.0 Å². The van der Waals surface area contributed by atoms with Crippen molar-refractivity contribution in [3.05, 3.63) is 41.5 Å². The summed E-state index contributed by atoms with van der Waals surface area (Å²) >= 11 is 0. The van der Waals surface area contributed by atoms with Gasteiger partial charge < -0.3 is 10.4 Å². The van der Waals surface area contributed by atoms with Crippen molar-refractivity contribution in [1.82, 2.24) is 5.32 Å². The Balaban J connectivity index is 2.61. The van der Waals surface area contributed by atoms with E-state index in [0.29, 0.717) is 5.56 Å². The molecule has 0 unspecified atom stereocenters. The van der Waals surface area contributed by atoms with Crippen molar-refractivity contribution in [3.63, 3.8) is 0 Å². The molecular weight excluding hydrogens is 232 g/mol. The second kappa shape index (κ2) is 6.21. The summed E-state index contributed by atoms with van der Waals surface area (Å²) in [6, 6.07) is 7.73. The zero-order valence-electron chi connectivity index (χ0n) is 9.75. The van der Waals surface area contributed by atoms with Crippen molar-refractivity contribution in [2.24, 2.45) is 0 Å². The first-order valence-electron chi connectivity index (χ1n) is 5.24. The summed E-state index contributed by atoms with van der Waals surface area (Å²) in [5, 5.41) is 19.5. The van der Waals surface area contributed by atoms with E-state index in [-0.39, 0.29) is 0 Å². The smallest absolute Gasteiger partial charge is 0.325 e. The van der Waals surface area contributed by atoms with Crippen LogP contribution in [0.25, 0.3) is 6.08 Å². The van der Waals surface area contributed by atoms with Gasteiger partial charge in [-0.15, -0.1) is 0 Å². The van der Waals surface area contributed by atoms with Crippen molar-refractivity contribution < 1.29 is 14.7 Å². The summed E-state index contributed by atoms with van der Waals surface area (Å²) in [4.78, 5) is 21.9. The molecule has 5 heteroatoms. The van der Waals surface area contributed by atoms with Crippen molar-refractivity contribution in [1.29, 1.82) is 5.26 Å². The molecule has 0 saturated carbocycles. The molecular formula is C13H12N2O3. The Kier molecular flexibility index (Phi) is 4.64. The van der Waals surface area contributed by atoms with Gasteiger partial charge in [0.1, 0.15) is 6.04 Å². The van der Waals surface area contributed by atoms with E-state index < -0.39 is 17.9 Å². The summed E-state index contributed by atoms with van der Waals surface area (Å²) in [5.74, 6) is -1.57. The van der Waals surface area contributed by atoms with Gasteiger partial charge in [0.2, 0.25) is 5.91 Å². The Bertz CT molecular complexity index is 512. The number of rotatable bonds is 4. The number of amides is 1. The quantitative estimate of drug-likeness (QED) is 0.777. The van der Waals surface area contributed by atoms with E-state index in [1.165, 1.54) is 13.0 Å². The molecule has 18 heavy (non-hydrogen) atoms. The van der Waals surface area contributed by atoms with Crippen LogP contribution in [-0.2, 0) is 9.59 Å². The highest BCUT2D eigenvalue weighted by molar-refractivity contribution is 5.94. The Morgan fingerprint density at radius 1 is 1.39 bits per heavy atom. The van der Waals surface area contributed by atoms with Crippen molar-refractivity contribution >= 4 is 18.0 Å². The molecule has 0 bridgehead atoms. The van der Waals surface area contributed by atoms with Crippen LogP contribution in [0.2, 0.25) is 0 Å². The van der Waals surface area contributed by atoms with Crippen LogP contribution >= 0.6 is 0 Å². The molecule has 0 aromatic heterocycles. The van der Waals surface area contributed by atoms with Gasteiger partial charge in [-0.3, -0.25) is 9.59 Å². The van der Waals surface area contributed by atoms with Crippen LogP contribution in [0.5, 0.6) is 0 Å². The summed E-state index contributed by atoms with van der Waals surface area (Å²) in [6.45, 7) is 1.38. The summed E-state index contributed by atoms with van der Waals surface area (Å²) < 4.78 is 0. The predicted octanol–water partition coefficient (Wildman–Crippen LogP) is 1.16. The fourth-order valence-electron chi connectivity index (χ4n) is 1.16. The standard InChI is InChI=1S/C13H12N2O3/c1-9(13(17)18)15-12(16)7-6-10-2-4-11(8-14)5-3-10/h2-7,9H,1H3,(H,15,16)(H,17,18)/b7-6+/t9-/m1/s1. The molecule has 0 aliphatic carbocycles. The maximum absolute atomic E-state index is 11.3. The topological polar surface area (TPSA) is 90.2 Å². The number of carbonyl (C=O) groups is 2. The van der Waals surface area contributed by atoms with E-state index in [4.69, 9.17) is 10.4 Å². The fourth-order valence-corrected chi connectivity index (χ4v) is 1.16. The SMILES string of the molecule is C[C@@H](NC(=O)/C=C/c1ccc(C#N)cc1)C(=O)O. The molecule has 0 spiro atoms. The van der Waals surface area contributed by atoms with Crippen molar-refractivity contribution in [3.8, 4) is 6.07 Å². The molecule has 0 heterocycles. The first-order valence-corrected chi connectivity index (χ1v) is 5.24. The van der Waals surface area contributed by atoms with Crippen LogP contribution < -0.4 is 5.32 Å². The average Bonchev–Trinajstić information content (AvgIpc) is 2.36. The number of carboxylic acid groups (broad SMARTS) is 1. The van der Waals surface area contributed by atoms with Crippen LogP contribution in [0.4, 0.5) is 0 Å². The number of aliphatic carboxylic acids is 1. The Morgan fingerprint density at radius 3 is 2.50 bits per heavy atom. The van der Waals surface area contributed by atoms with Gasteiger partial charge in [-0.2, -0.15) is 5.26 Å². The van der Waals surface area contributed by atoms with E-state index in [1.807, 2.05) is 6.07 Å². The number of benzene rings is 1. The minimum absolute atomic E-state index is 0.478. The van der Waals surface area contributed by atoms with Gasteiger partial charge in [-0.05, 0) is 30.7 Å². The van der Waals surface area contributed by atoms with Crippen molar-refractivity contribution in [2.75, 3.05) is 0 Å². The molecule has 5 nitrogen and oxygen atoms in total. The Labute approximate surface area is 104 Å². The largest absolute Gasteiger partial charge is 0.480 e. The molecule has 2 N–H and O–H groups in total. The number of carboxylic acids is 1. The first-order chi connectivity index (χ1) is 8.52. The van der Waals surface area contributed by atoms with Gasteiger partial charge in [0.15, 0.2) is 0 Å². The van der Waals surface area contributed by atoms with E-state index >= 15 is 0 Å². The maximum Gasteiger partial charge on any atom is 0.325 e. The molecule has 0 aliphatic heterocycles. The summed E-state index contributed by atoms with van der Waals surface area (Å²) in [7, 11) is 0. The number of nitriles is 1. The molecule has 1 aromatic rings. The minimum atomic E-state index is -1.09. The lowest BCUT2D eigenvalue weighted by Crippen LogP contribution is -2.37. The normalized spacial score (nSPS) is 11.8. The monoisotopic (exact) mass is 244 g/mol. The molecule has 0 aliphatic rings. The highest BCUT2D eigenvalue weighted by Crippen LogP contribution is 2.04. The number of carbonyl (C=O) groups excluding carboxylic acids is 1. The fraction of sp³-hybridized carbons (Fsp3) is 0.154. The zero-order valence-corrected chi connectivity index (χ0v) is 9.75. The highest BCUT2D eigenvalue weighted by atomic mass is 16.4. The van der Waals surface area contributed by atoms with Gasteiger partial charge in [0.25, 0.3) is 0 Å². The van der Waals surface area contributed by atoms with E-state index in [9.17, 15) is 9.59 Å². The van der Waals surface area contributed by atoms with Gasteiger partial charge in [0, 0.05) is 6.08 Å². The zero-order chi connectivity index (χ0) is 13.5. The summed E-state index contributed by atoms with van der Waals surface area (Å²) in [6.07, 6.45) is 2.80. The molecule has 0 radical (unpaired) electrons. The maximum atomic E-state index is 11.3. The molecule has 0 saturated heterocycles. The summed E-state index contributed by atoms with van der Waals surface area (Å²) in [5.41, 5.74) is 1.29. The second-order valence-corrected chi connectivity index (χ2v) is 3.64. The molecule has 0 fully saturated rings. The number of nitrogens with zero attached hydrogens (tertiary/aromatic N) is 1. The molecule has 1 amide bonds. The van der Waals surface area contributed by atoms with Crippen LogP contribution in [0.3, 0.4) is 0 Å². The molecule has 1 rings (SSSR count). The van der Waals surface area contributed by atoms with Gasteiger partial charge in [-0.1, -0.05) is 12.1 Å². The lowest BCUT2D eigenvalue weighted by molar-refractivity contribution is -0.140. The predicted molar refractivity (Wildman–Crippen MR) is 65.4 cm³/mol. The number of hydrogen-bond donors (Lipinski definition) is 2. The first kappa shape index (κ1) is 13.5. The number of nitrogens with one attached hydrogen (secondary N) is 1. The van der Waals surface area contributed by atoms with E-state index in [0.717, 1.165) is 5.56 Å². The third-order valence-corrected chi connectivity index (χ3v) is 2.20. The van der Waals surface area contributed by atoms with Crippen molar-refractivity contribution in [2.45, 2.75) is 13.0 Å². The van der Waals surface area contributed by atoms with Gasteiger partial charge in [-0.25, -0.2) is 0 Å². The van der Waals surface area contributed by atoms with Crippen LogP contribution in [0.15, 0.2) is 30.3 Å². The molecule has 92 valence electrons. The Morgan fingerprint density at radius 2 is 2.00 bits per heavy atom.